The molecule has 2 aromatic carbocycles. The Morgan fingerprint density at radius 3 is 2.52 bits per heavy atom. The lowest BCUT2D eigenvalue weighted by atomic mass is 10.2. The summed E-state index contributed by atoms with van der Waals surface area (Å²) in [4.78, 5) is 4.20. The summed E-state index contributed by atoms with van der Waals surface area (Å²) < 4.78 is 45.5. The lowest BCUT2D eigenvalue weighted by molar-refractivity contribution is 0.419. The van der Waals surface area contributed by atoms with Crippen molar-refractivity contribution in [1.82, 2.24) is 4.98 Å². The fraction of sp³-hybridized carbons (Fsp3) is 0.0625. The van der Waals surface area contributed by atoms with Crippen LogP contribution in [-0.4, -0.2) is 20.5 Å². The van der Waals surface area contributed by atoms with E-state index in [4.69, 9.17) is 4.74 Å². The van der Waals surface area contributed by atoms with E-state index >= 15 is 0 Å². The van der Waals surface area contributed by atoms with Gasteiger partial charge in [-0.05, 0) is 48.5 Å². The molecule has 0 spiro atoms. The fourth-order valence-electron chi connectivity index (χ4n) is 2.22. The Balaban J connectivity index is 2.06. The second-order valence-electron chi connectivity index (χ2n) is 4.77. The predicted octanol–water partition coefficient (Wildman–Crippen LogP) is 3.18. The molecule has 0 amide bonds. The Bertz CT molecular complexity index is 957. The summed E-state index contributed by atoms with van der Waals surface area (Å²) in [5.41, 5.74) is 0.924. The minimum absolute atomic E-state index is 0.0215. The zero-order valence-corrected chi connectivity index (χ0v) is 13.0. The van der Waals surface area contributed by atoms with Crippen molar-refractivity contribution >= 4 is 26.6 Å². The minimum atomic E-state index is -3.83. The lowest BCUT2D eigenvalue weighted by Crippen LogP contribution is -2.13. The smallest absolute Gasteiger partial charge is 0.261 e. The molecule has 0 fully saturated rings. The highest BCUT2D eigenvalue weighted by Crippen LogP contribution is 2.31. The summed E-state index contributed by atoms with van der Waals surface area (Å²) in [6, 6.07) is 11.3. The van der Waals surface area contributed by atoms with E-state index in [9.17, 15) is 12.8 Å². The maximum Gasteiger partial charge on any atom is 0.261 e. The molecule has 5 nitrogen and oxygen atoms in total. The third-order valence-corrected chi connectivity index (χ3v) is 4.70. The molecule has 3 aromatic rings. The van der Waals surface area contributed by atoms with Crippen LogP contribution in [0, 0.1) is 5.82 Å². The van der Waals surface area contributed by atoms with Gasteiger partial charge in [0.15, 0.2) is 0 Å². The molecule has 1 aromatic heterocycles. The van der Waals surface area contributed by atoms with Crippen LogP contribution in [0.15, 0.2) is 59.6 Å². The van der Waals surface area contributed by atoms with Gasteiger partial charge in [0.25, 0.3) is 10.0 Å². The number of rotatable bonds is 4. The first-order valence-corrected chi connectivity index (χ1v) is 8.20. The van der Waals surface area contributed by atoms with Crippen molar-refractivity contribution in [3.8, 4) is 5.75 Å². The summed E-state index contributed by atoms with van der Waals surface area (Å²) in [5.74, 6) is 0.0494. The molecule has 3 rings (SSSR count). The number of aromatic nitrogens is 1. The Kier molecular flexibility index (Phi) is 3.87. The van der Waals surface area contributed by atoms with Crippen molar-refractivity contribution in [3.05, 3.63) is 60.5 Å². The third kappa shape index (κ3) is 2.95. The fourth-order valence-corrected chi connectivity index (χ4v) is 3.30. The number of fused-ring (bicyclic) bond motifs is 1. The van der Waals surface area contributed by atoms with Crippen LogP contribution in [0.25, 0.3) is 10.9 Å². The first-order valence-electron chi connectivity index (χ1n) is 6.71. The average Bonchev–Trinajstić information content (AvgIpc) is 2.55. The monoisotopic (exact) mass is 332 g/mol. The summed E-state index contributed by atoms with van der Waals surface area (Å²) in [6.45, 7) is 0. The van der Waals surface area contributed by atoms with E-state index in [0.29, 0.717) is 22.3 Å². The van der Waals surface area contributed by atoms with Crippen LogP contribution in [0.1, 0.15) is 0 Å². The van der Waals surface area contributed by atoms with E-state index in [1.165, 1.54) is 19.2 Å². The van der Waals surface area contributed by atoms with Gasteiger partial charge in [-0.15, -0.1) is 0 Å². The van der Waals surface area contributed by atoms with E-state index in [2.05, 4.69) is 9.71 Å². The summed E-state index contributed by atoms with van der Waals surface area (Å²) in [6.07, 6.45) is 1.60. The zero-order valence-electron chi connectivity index (χ0n) is 12.2. The van der Waals surface area contributed by atoms with Gasteiger partial charge in [0.1, 0.15) is 17.1 Å². The van der Waals surface area contributed by atoms with Crippen molar-refractivity contribution < 1.29 is 17.5 Å². The number of nitrogens with zero attached hydrogens (tertiary/aromatic N) is 1. The van der Waals surface area contributed by atoms with Crippen LogP contribution < -0.4 is 9.46 Å². The molecule has 0 radical (unpaired) electrons. The number of pyridine rings is 1. The molecular weight excluding hydrogens is 319 g/mol. The number of sulfonamides is 1. The summed E-state index contributed by atoms with van der Waals surface area (Å²) in [7, 11) is -2.31. The van der Waals surface area contributed by atoms with Gasteiger partial charge in [-0.3, -0.25) is 9.71 Å². The molecule has 0 aliphatic carbocycles. The van der Waals surface area contributed by atoms with Gasteiger partial charge in [0, 0.05) is 11.6 Å². The first kappa shape index (κ1) is 15.2. The molecule has 0 saturated carbocycles. The number of hydrogen-bond acceptors (Lipinski definition) is 4. The van der Waals surface area contributed by atoms with Crippen LogP contribution in [0.2, 0.25) is 0 Å². The largest absolute Gasteiger partial charge is 0.494 e. The normalized spacial score (nSPS) is 11.4. The average molecular weight is 332 g/mol. The molecule has 0 bridgehead atoms. The van der Waals surface area contributed by atoms with E-state index in [-0.39, 0.29) is 4.90 Å². The van der Waals surface area contributed by atoms with Gasteiger partial charge in [-0.2, -0.15) is 0 Å². The molecule has 0 unspecified atom stereocenters. The van der Waals surface area contributed by atoms with Crippen molar-refractivity contribution in [1.29, 1.82) is 0 Å². The number of benzene rings is 2. The van der Waals surface area contributed by atoms with E-state index in [1.807, 2.05) is 0 Å². The molecule has 23 heavy (non-hydrogen) atoms. The van der Waals surface area contributed by atoms with Crippen LogP contribution in [0.3, 0.4) is 0 Å². The molecule has 0 saturated heterocycles. The summed E-state index contributed by atoms with van der Waals surface area (Å²) >= 11 is 0. The molecule has 0 atom stereocenters. The SMILES string of the molecule is COc1ccc(NS(=O)(=O)c2ccc(F)cc2)c2cccnc12. The van der Waals surface area contributed by atoms with Gasteiger partial charge < -0.3 is 4.74 Å². The lowest BCUT2D eigenvalue weighted by Gasteiger charge is -2.12. The Labute approximate surface area is 132 Å². The maximum atomic E-state index is 13.0. The van der Waals surface area contributed by atoms with Crippen LogP contribution in [0.5, 0.6) is 5.75 Å². The highest BCUT2D eigenvalue weighted by Gasteiger charge is 2.16. The summed E-state index contributed by atoms with van der Waals surface area (Å²) in [5, 5.41) is 0.609. The predicted molar refractivity (Wildman–Crippen MR) is 85.5 cm³/mol. The molecule has 1 heterocycles. The molecular formula is C16H13FN2O3S. The van der Waals surface area contributed by atoms with E-state index < -0.39 is 15.8 Å². The van der Waals surface area contributed by atoms with Crippen LogP contribution in [0.4, 0.5) is 10.1 Å². The highest BCUT2D eigenvalue weighted by atomic mass is 32.2. The standard InChI is InChI=1S/C16H13FN2O3S/c1-22-15-9-8-14(13-3-2-10-18-16(13)15)19-23(20,21)12-6-4-11(17)5-7-12/h2-10,19H,1H3. The molecule has 1 N–H and O–H groups in total. The Hall–Kier alpha value is -2.67. The topological polar surface area (TPSA) is 68.3 Å². The molecule has 118 valence electrons. The molecule has 0 aliphatic heterocycles. The highest BCUT2D eigenvalue weighted by molar-refractivity contribution is 7.92. The quantitative estimate of drug-likeness (QED) is 0.797. The number of anilines is 1. The first-order chi connectivity index (χ1) is 11.0. The van der Waals surface area contributed by atoms with Gasteiger partial charge >= 0.3 is 0 Å². The molecule has 0 aliphatic rings. The second-order valence-corrected chi connectivity index (χ2v) is 6.46. The molecule has 7 heteroatoms. The minimum Gasteiger partial charge on any atom is -0.494 e. The van der Waals surface area contributed by atoms with Crippen molar-refractivity contribution in [2.45, 2.75) is 4.90 Å². The van der Waals surface area contributed by atoms with Crippen molar-refractivity contribution in [2.24, 2.45) is 0 Å². The maximum absolute atomic E-state index is 13.0. The number of methoxy groups -OCH3 is 1. The number of halogens is 1. The van der Waals surface area contributed by atoms with Gasteiger partial charge in [0.2, 0.25) is 0 Å². The number of nitrogens with one attached hydrogen (secondary N) is 1. The van der Waals surface area contributed by atoms with Crippen molar-refractivity contribution in [3.63, 3.8) is 0 Å². The van der Waals surface area contributed by atoms with Gasteiger partial charge in [-0.25, -0.2) is 12.8 Å². The Morgan fingerprint density at radius 2 is 1.83 bits per heavy atom. The Morgan fingerprint density at radius 1 is 1.09 bits per heavy atom. The zero-order chi connectivity index (χ0) is 16.4. The third-order valence-electron chi connectivity index (χ3n) is 3.32. The number of ether oxygens (including phenoxy) is 1. The number of hydrogen-bond donors (Lipinski definition) is 1. The van der Waals surface area contributed by atoms with E-state index in [1.54, 1.807) is 30.5 Å². The van der Waals surface area contributed by atoms with E-state index in [0.717, 1.165) is 12.1 Å². The van der Waals surface area contributed by atoms with Gasteiger partial charge in [0.05, 0.1) is 17.7 Å². The van der Waals surface area contributed by atoms with Crippen LogP contribution >= 0.6 is 0 Å². The van der Waals surface area contributed by atoms with Crippen LogP contribution in [-0.2, 0) is 10.0 Å². The van der Waals surface area contributed by atoms with Gasteiger partial charge in [-0.1, -0.05) is 0 Å². The second kappa shape index (κ2) is 5.85. The van der Waals surface area contributed by atoms with Crippen molar-refractivity contribution in [2.75, 3.05) is 11.8 Å².